The number of aliphatic hydroxyl groups excluding tert-OH is 1. The van der Waals surface area contributed by atoms with Gasteiger partial charge in [-0.2, -0.15) is 0 Å². The molecule has 0 aromatic heterocycles. The summed E-state index contributed by atoms with van der Waals surface area (Å²) < 4.78 is 11.9. The second-order valence-corrected chi connectivity index (χ2v) is 10.3. The Morgan fingerprint density at radius 1 is 1.24 bits per heavy atom. The van der Waals surface area contributed by atoms with Gasteiger partial charge in [-0.25, -0.2) is 4.79 Å². The van der Waals surface area contributed by atoms with Crippen molar-refractivity contribution in [2.75, 3.05) is 13.7 Å². The number of aliphatic hydroxyl groups is 1. The smallest absolute Gasteiger partial charge is 0.331 e. The number of benzene rings is 1. The van der Waals surface area contributed by atoms with Crippen molar-refractivity contribution >= 4 is 18.1 Å². The number of aliphatic imine (C=N–C) groups is 1. The van der Waals surface area contributed by atoms with Crippen LogP contribution < -0.4 is 11.1 Å². The molecule has 1 saturated heterocycles. The lowest BCUT2D eigenvalue weighted by Gasteiger charge is -2.41. The van der Waals surface area contributed by atoms with Crippen LogP contribution >= 0.6 is 0 Å². The maximum atomic E-state index is 12.6. The van der Waals surface area contributed by atoms with Crippen molar-refractivity contribution in [3.8, 4) is 0 Å². The first kappa shape index (κ1) is 28.8. The van der Waals surface area contributed by atoms with E-state index in [0.29, 0.717) is 29.4 Å². The van der Waals surface area contributed by atoms with Gasteiger partial charge >= 0.3 is 5.97 Å². The topological polar surface area (TPSA) is 143 Å². The minimum atomic E-state index is -1.32. The molecule has 9 nitrogen and oxygen atoms in total. The molecule has 0 bridgehead atoms. The summed E-state index contributed by atoms with van der Waals surface area (Å²) in [5, 5.41) is 22.8. The number of amides is 1. The zero-order valence-electron chi connectivity index (χ0n) is 22.0. The Bertz CT molecular complexity index is 963. The van der Waals surface area contributed by atoms with Gasteiger partial charge in [0, 0.05) is 36.5 Å². The maximum Gasteiger partial charge on any atom is 0.331 e. The number of nitrogens with one attached hydrogen (secondary N) is 1. The van der Waals surface area contributed by atoms with E-state index < -0.39 is 24.2 Å². The number of carboxylic acids is 1. The van der Waals surface area contributed by atoms with E-state index in [4.69, 9.17) is 15.2 Å². The van der Waals surface area contributed by atoms with Crippen molar-refractivity contribution in [1.29, 1.82) is 0 Å². The van der Waals surface area contributed by atoms with Gasteiger partial charge in [0.2, 0.25) is 0 Å². The number of carbonyl (C=O) groups excluding carboxylic acids is 1. The molecule has 1 aromatic carbocycles. The van der Waals surface area contributed by atoms with E-state index in [1.807, 2.05) is 0 Å². The molecule has 204 valence electrons. The summed E-state index contributed by atoms with van der Waals surface area (Å²) in [5.74, 6) is -0.339. The van der Waals surface area contributed by atoms with Gasteiger partial charge in [0.1, 0.15) is 0 Å². The molecular weight excluding hydrogens is 474 g/mol. The predicted octanol–water partition coefficient (Wildman–Crippen LogP) is 3.12. The van der Waals surface area contributed by atoms with Gasteiger partial charge in [0.25, 0.3) is 5.91 Å². The maximum absolute atomic E-state index is 12.6. The lowest BCUT2D eigenvalue weighted by Crippen LogP contribution is -2.42. The number of hydrogen-bond acceptors (Lipinski definition) is 7. The molecule has 1 aliphatic heterocycles. The number of hydrogen-bond donors (Lipinski definition) is 4. The molecule has 9 heteroatoms. The predicted molar refractivity (Wildman–Crippen MR) is 141 cm³/mol. The molecule has 2 aliphatic rings. The van der Waals surface area contributed by atoms with Gasteiger partial charge in [-0.05, 0) is 61.6 Å². The van der Waals surface area contributed by atoms with Gasteiger partial charge in [-0.1, -0.05) is 31.9 Å². The monoisotopic (exact) mass is 515 g/mol. The largest absolute Gasteiger partial charge is 0.479 e. The Balaban J connectivity index is 1.56. The molecule has 2 fully saturated rings. The molecule has 5 N–H and O–H groups in total. The number of aliphatic carboxylic acids is 1. The van der Waals surface area contributed by atoms with E-state index >= 15 is 0 Å². The van der Waals surface area contributed by atoms with Crippen LogP contribution in [0.1, 0.15) is 61.9 Å². The zero-order chi connectivity index (χ0) is 26.9. The fraction of sp³-hybridized carbons (Fsp3) is 0.607. The molecule has 1 aliphatic carbocycles. The van der Waals surface area contributed by atoms with E-state index in [9.17, 15) is 19.8 Å². The molecule has 3 unspecified atom stereocenters. The Morgan fingerprint density at radius 3 is 2.62 bits per heavy atom. The number of fused-ring (bicyclic) bond motifs is 1. The van der Waals surface area contributed by atoms with Crippen LogP contribution in [0.15, 0.2) is 41.0 Å². The summed E-state index contributed by atoms with van der Waals surface area (Å²) in [5.41, 5.74) is 6.76. The highest BCUT2D eigenvalue weighted by Gasteiger charge is 2.40. The summed E-state index contributed by atoms with van der Waals surface area (Å²) in [6.45, 7) is 5.16. The fourth-order valence-electron chi connectivity index (χ4n) is 5.63. The van der Waals surface area contributed by atoms with Crippen molar-refractivity contribution in [3.05, 3.63) is 47.2 Å². The molecule has 0 spiro atoms. The lowest BCUT2D eigenvalue weighted by molar-refractivity contribution is -0.162. The van der Waals surface area contributed by atoms with Crippen LogP contribution in [0, 0.1) is 23.7 Å². The number of rotatable bonds is 10. The van der Waals surface area contributed by atoms with E-state index in [-0.39, 0.29) is 18.1 Å². The molecule has 1 aromatic rings. The molecule has 1 amide bonds. The van der Waals surface area contributed by atoms with Gasteiger partial charge in [-0.3, -0.25) is 9.79 Å². The highest BCUT2D eigenvalue weighted by atomic mass is 16.6. The number of nitrogens with two attached hydrogens (primary N) is 1. The summed E-state index contributed by atoms with van der Waals surface area (Å²) in [6.07, 6.45) is 7.59. The second-order valence-electron chi connectivity index (χ2n) is 10.3. The van der Waals surface area contributed by atoms with E-state index in [2.05, 4.69) is 24.2 Å². The van der Waals surface area contributed by atoms with E-state index in [1.165, 1.54) is 32.5 Å². The third-order valence-corrected chi connectivity index (χ3v) is 7.87. The minimum absolute atomic E-state index is 0.0146. The Morgan fingerprint density at radius 2 is 1.97 bits per heavy atom. The van der Waals surface area contributed by atoms with Crippen LogP contribution in [-0.4, -0.2) is 60.4 Å². The van der Waals surface area contributed by atoms with E-state index in [1.54, 1.807) is 24.3 Å². The van der Waals surface area contributed by atoms with Crippen molar-refractivity contribution < 1.29 is 29.3 Å². The van der Waals surface area contributed by atoms with Crippen molar-refractivity contribution in [1.82, 2.24) is 5.32 Å². The molecule has 1 saturated carbocycles. The number of ether oxygens (including phenoxy) is 2. The molecule has 3 rings (SSSR count). The Kier molecular flexibility index (Phi) is 10.7. The first-order valence-corrected chi connectivity index (χ1v) is 13.1. The normalized spacial score (nSPS) is 27.1. The van der Waals surface area contributed by atoms with Crippen LogP contribution in [-0.2, 0) is 20.9 Å². The standard InChI is InChI=1S/C28H41N3O6/c1-17-7-10-20-5-4-6-23(24(20)16-36-17)18(2)28(35)37-15-19-8-11-21(12-9-19)26(32)31-25(27(33)34)22(13-29)14-30-3/h8-9,11-14,17-18,20,23-25,28,35H,4-7,10,15-16,29H2,1-3H3,(H,31,32)(H,33,34)/b22-13+,30-14?/t17?,18-,20-,23+,24?,25?,28-/m1/s1. The van der Waals surface area contributed by atoms with Gasteiger partial charge in [-0.15, -0.1) is 0 Å². The Hall–Kier alpha value is -2.75. The van der Waals surface area contributed by atoms with E-state index in [0.717, 1.165) is 31.2 Å². The van der Waals surface area contributed by atoms with Crippen LogP contribution in [0.4, 0.5) is 0 Å². The number of nitrogens with zero attached hydrogens (tertiary/aromatic N) is 1. The molecule has 37 heavy (non-hydrogen) atoms. The quantitative estimate of drug-likeness (QED) is 0.277. The first-order valence-electron chi connectivity index (χ1n) is 13.1. The second kappa shape index (κ2) is 13.7. The van der Waals surface area contributed by atoms with Crippen molar-refractivity contribution in [2.45, 2.75) is 71.0 Å². The van der Waals surface area contributed by atoms with Gasteiger partial charge < -0.3 is 30.7 Å². The fourth-order valence-corrected chi connectivity index (χ4v) is 5.63. The third-order valence-electron chi connectivity index (χ3n) is 7.87. The van der Waals surface area contributed by atoms with Crippen LogP contribution in [0.25, 0.3) is 0 Å². The first-order chi connectivity index (χ1) is 17.7. The molecule has 7 atom stereocenters. The lowest BCUT2D eigenvalue weighted by atomic mass is 9.66. The molecule has 1 heterocycles. The van der Waals surface area contributed by atoms with Crippen molar-refractivity contribution in [2.24, 2.45) is 34.4 Å². The highest BCUT2D eigenvalue weighted by Crippen LogP contribution is 2.44. The third kappa shape index (κ3) is 7.63. The Labute approximate surface area is 219 Å². The number of carbonyl (C=O) groups is 2. The summed E-state index contributed by atoms with van der Waals surface area (Å²) in [4.78, 5) is 28.0. The average Bonchev–Trinajstić information content (AvgIpc) is 3.10. The highest BCUT2D eigenvalue weighted by molar-refractivity contribution is 6.00. The van der Waals surface area contributed by atoms with Crippen LogP contribution in [0.2, 0.25) is 0 Å². The van der Waals surface area contributed by atoms with Crippen molar-refractivity contribution in [3.63, 3.8) is 0 Å². The van der Waals surface area contributed by atoms with Gasteiger partial charge in [0.15, 0.2) is 12.3 Å². The number of carboxylic acid groups (broad SMARTS) is 1. The van der Waals surface area contributed by atoms with Crippen LogP contribution in [0.5, 0.6) is 0 Å². The average molecular weight is 516 g/mol. The summed E-state index contributed by atoms with van der Waals surface area (Å²) >= 11 is 0. The SMILES string of the molecule is CN=C/C(=C\N)C(NC(=O)c1ccc(CO[C@@H](O)[C@H](C)[C@@H]2CCC[C@@H]3CCC(C)OCC32)cc1)C(=O)O. The summed E-state index contributed by atoms with van der Waals surface area (Å²) in [7, 11) is 1.49. The molecular formula is C28H41N3O6. The van der Waals surface area contributed by atoms with Gasteiger partial charge in [0.05, 0.1) is 19.3 Å². The minimum Gasteiger partial charge on any atom is -0.479 e. The summed E-state index contributed by atoms with van der Waals surface area (Å²) in [6, 6.07) is 5.33. The molecule has 0 radical (unpaired) electrons. The van der Waals surface area contributed by atoms with Crippen LogP contribution in [0.3, 0.4) is 0 Å². The zero-order valence-corrected chi connectivity index (χ0v) is 22.0.